The second kappa shape index (κ2) is 10.6. The van der Waals surface area contributed by atoms with Crippen LogP contribution in [-0.4, -0.2) is 17.6 Å². The van der Waals surface area contributed by atoms with Crippen LogP contribution in [0.4, 0.5) is 5.00 Å². The molecule has 7 heteroatoms. The second-order valence-electron chi connectivity index (χ2n) is 10.4. The highest BCUT2D eigenvalue weighted by Gasteiger charge is 2.34. The minimum atomic E-state index is -0.301. The highest BCUT2D eigenvalue weighted by Crippen LogP contribution is 2.44. The average Bonchev–Trinajstić information content (AvgIpc) is 3.43. The fourth-order valence-electron chi connectivity index (χ4n) is 4.75. The summed E-state index contributed by atoms with van der Waals surface area (Å²) in [6.07, 6.45) is 4.55. The fourth-order valence-corrected chi connectivity index (χ4v) is 6.82. The molecule has 4 rings (SSSR count). The van der Waals surface area contributed by atoms with Gasteiger partial charge < -0.3 is 10.1 Å². The summed E-state index contributed by atoms with van der Waals surface area (Å²) < 4.78 is 5.41. The van der Waals surface area contributed by atoms with E-state index in [0.717, 1.165) is 46.6 Å². The molecule has 1 unspecified atom stereocenters. The molecule has 0 saturated carbocycles. The van der Waals surface area contributed by atoms with E-state index in [0.29, 0.717) is 28.7 Å². The topological polar surface area (TPSA) is 75.0 Å². The number of carbonyl (C=O) groups is 1. The lowest BCUT2D eigenvalue weighted by atomic mass is 9.72. The third-order valence-electron chi connectivity index (χ3n) is 6.83. The molecule has 5 nitrogen and oxygen atoms in total. The van der Waals surface area contributed by atoms with Gasteiger partial charge >= 0.3 is 5.97 Å². The van der Waals surface area contributed by atoms with Gasteiger partial charge in [-0.25, -0.2) is 9.78 Å². The van der Waals surface area contributed by atoms with Crippen molar-refractivity contribution in [3.8, 4) is 17.3 Å². The molecule has 0 saturated heterocycles. The first-order valence-electron chi connectivity index (χ1n) is 12.3. The summed E-state index contributed by atoms with van der Waals surface area (Å²) in [6.45, 7) is 13.1. The number of thiazole rings is 1. The monoisotopic (exact) mass is 519 g/mol. The van der Waals surface area contributed by atoms with Gasteiger partial charge in [-0.2, -0.15) is 5.26 Å². The average molecular weight is 520 g/mol. The van der Waals surface area contributed by atoms with Gasteiger partial charge in [-0.1, -0.05) is 44.5 Å². The SMILES string of the molecule is CCOC(=O)c1c(N/C=C(/C#N)c2nc(-c3ccc(C)cc3C)cs2)sc2c1CCC(C(C)(C)C)C2. The van der Waals surface area contributed by atoms with E-state index in [4.69, 9.17) is 9.72 Å². The van der Waals surface area contributed by atoms with Crippen LogP contribution < -0.4 is 5.32 Å². The first kappa shape index (κ1) is 26.1. The molecule has 1 aromatic carbocycles. The lowest BCUT2D eigenvalue weighted by Crippen LogP contribution is -2.26. The van der Waals surface area contributed by atoms with E-state index < -0.39 is 0 Å². The molecule has 188 valence electrons. The van der Waals surface area contributed by atoms with Crippen molar-refractivity contribution < 1.29 is 9.53 Å². The number of aryl methyl sites for hydroxylation is 2. The lowest BCUT2D eigenvalue weighted by Gasteiger charge is -2.33. The number of hydrogen-bond donors (Lipinski definition) is 1. The minimum Gasteiger partial charge on any atom is -0.462 e. The molecule has 3 aromatic rings. The lowest BCUT2D eigenvalue weighted by molar-refractivity contribution is 0.0526. The Morgan fingerprint density at radius 2 is 2.11 bits per heavy atom. The maximum atomic E-state index is 12.9. The van der Waals surface area contributed by atoms with Crippen LogP contribution in [-0.2, 0) is 17.6 Å². The number of fused-ring (bicyclic) bond motifs is 1. The summed E-state index contributed by atoms with van der Waals surface area (Å²) >= 11 is 3.05. The van der Waals surface area contributed by atoms with Gasteiger partial charge in [-0.15, -0.1) is 22.7 Å². The van der Waals surface area contributed by atoms with Crippen LogP contribution in [0.2, 0.25) is 0 Å². The predicted octanol–water partition coefficient (Wildman–Crippen LogP) is 7.79. The molecule has 2 heterocycles. The van der Waals surface area contributed by atoms with Crippen LogP contribution in [0.5, 0.6) is 0 Å². The van der Waals surface area contributed by atoms with E-state index in [1.54, 1.807) is 17.5 Å². The number of nitrogens with zero attached hydrogens (tertiary/aromatic N) is 2. The molecule has 0 radical (unpaired) electrons. The summed E-state index contributed by atoms with van der Waals surface area (Å²) in [4.78, 5) is 18.9. The van der Waals surface area contributed by atoms with Gasteiger partial charge in [0.05, 0.1) is 17.9 Å². The summed E-state index contributed by atoms with van der Waals surface area (Å²) in [6, 6.07) is 8.56. The highest BCUT2D eigenvalue weighted by atomic mass is 32.1. The number of aromatic nitrogens is 1. The van der Waals surface area contributed by atoms with Crippen LogP contribution in [0.1, 0.15) is 71.0 Å². The number of carbonyl (C=O) groups excluding carboxylic acids is 1. The Morgan fingerprint density at radius 1 is 1.33 bits per heavy atom. The molecule has 1 N–H and O–H groups in total. The number of hydrogen-bond acceptors (Lipinski definition) is 7. The van der Waals surface area contributed by atoms with Crippen LogP contribution in [0, 0.1) is 36.5 Å². The molecule has 36 heavy (non-hydrogen) atoms. The Balaban J connectivity index is 1.64. The molecule has 0 spiro atoms. The van der Waals surface area contributed by atoms with Gasteiger partial charge in [0.2, 0.25) is 0 Å². The zero-order valence-corrected chi connectivity index (χ0v) is 23.5. The first-order valence-corrected chi connectivity index (χ1v) is 14.0. The van der Waals surface area contributed by atoms with Gasteiger partial charge in [0.15, 0.2) is 0 Å². The van der Waals surface area contributed by atoms with Gasteiger partial charge in [0.25, 0.3) is 0 Å². The van der Waals surface area contributed by atoms with Gasteiger partial charge in [0, 0.05) is 22.0 Å². The molecule has 0 fully saturated rings. The highest BCUT2D eigenvalue weighted by molar-refractivity contribution is 7.16. The van der Waals surface area contributed by atoms with Crippen molar-refractivity contribution in [2.24, 2.45) is 11.3 Å². The Hall–Kier alpha value is -2.95. The molecule has 2 aromatic heterocycles. The molecular weight excluding hydrogens is 486 g/mol. The van der Waals surface area contributed by atoms with E-state index in [-0.39, 0.29) is 11.4 Å². The van der Waals surface area contributed by atoms with Crippen LogP contribution in [0.3, 0.4) is 0 Å². The summed E-state index contributed by atoms with van der Waals surface area (Å²) in [5.74, 6) is 0.265. The van der Waals surface area contributed by atoms with Crippen molar-refractivity contribution in [3.63, 3.8) is 0 Å². The Labute approximate surface area is 221 Å². The zero-order chi connectivity index (χ0) is 26.0. The van der Waals surface area contributed by atoms with Crippen molar-refractivity contribution in [1.82, 2.24) is 4.98 Å². The summed E-state index contributed by atoms with van der Waals surface area (Å²) in [5.41, 5.74) is 6.66. The van der Waals surface area contributed by atoms with Crippen molar-refractivity contribution in [2.45, 2.75) is 60.8 Å². The number of nitrogens with one attached hydrogen (secondary N) is 1. The molecule has 0 aliphatic heterocycles. The number of nitriles is 1. The number of ether oxygens (including phenoxy) is 1. The number of allylic oxidation sites excluding steroid dienone is 1. The maximum Gasteiger partial charge on any atom is 0.341 e. The van der Waals surface area contributed by atoms with Gasteiger partial charge in [-0.05, 0) is 62.5 Å². The Morgan fingerprint density at radius 3 is 2.78 bits per heavy atom. The van der Waals surface area contributed by atoms with Crippen LogP contribution in [0.15, 0.2) is 29.8 Å². The third-order valence-corrected chi connectivity index (χ3v) is 8.89. The van der Waals surface area contributed by atoms with Gasteiger partial charge in [-0.3, -0.25) is 0 Å². The fraction of sp³-hybridized carbons (Fsp3) is 0.414. The number of thiophene rings is 1. The predicted molar refractivity (Wildman–Crippen MR) is 149 cm³/mol. The van der Waals surface area contributed by atoms with E-state index in [1.165, 1.54) is 21.8 Å². The first-order chi connectivity index (χ1) is 17.1. The molecule has 1 aliphatic rings. The van der Waals surface area contributed by atoms with Crippen LogP contribution >= 0.6 is 22.7 Å². The summed E-state index contributed by atoms with van der Waals surface area (Å²) in [5, 5.41) is 16.6. The molecule has 1 aliphatic carbocycles. The minimum absolute atomic E-state index is 0.214. The standard InChI is InChI=1S/C29H33N3O2S2/c1-7-34-28(33)25-22-11-9-20(29(4,5)6)13-24(22)36-27(25)31-15-19(14-30)26-32-23(16-35-26)21-10-8-17(2)12-18(21)3/h8,10,12,15-16,20,31H,7,9,11,13H2,1-6H3/b19-15-. The van der Waals surface area contributed by atoms with E-state index in [9.17, 15) is 10.1 Å². The quantitative estimate of drug-likeness (QED) is 0.266. The van der Waals surface area contributed by atoms with Crippen molar-refractivity contribution in [1.29, 1.82) is 5.26 Å². The van der Waals surface area contributed by atoms with Crippen molar-refractivity contribution >= 4 is 39.2 Å². The zero-order valence-electron chi connectivity index (χ0n) is 21.8. The van der Waals surface area contributed by atoms with Crippen molar-refractivity contribution in [3.05, 3.63) is 61.9 Å². The number of anilines is 1. The molecule has 0 bridgehead atoms. The van der Waals surface area contributed by atoms with Crippen LogP contribution in [0.25, 0.3) is 16.8 Å². The molecule has 1 atom stereocenters. The van der Waals surface area contributed by atoms with E-state index in [2.05, 4.69) is 64.2 Å². The number of esters is 1. The Bertz CT molecular complexity index is 1350. The number of rotatable bonds is 6. The smallest absolute Gasteiger partial charge is 0.341 e. The normalized spacial score (nSPS) is 15.8. The van der Waals surface area contributed by atoms with Gasteiger partial charge in [0.1, 0.15) is 21.7 Å². The summed E-state index contributed by atoms with van der Waals surface area (Å²) in [7, 11) is 0. The largest absolute Gasteiger partial charge is 0.462 e. The Kier molecular flexibility index (Phi) is 7.67. The third kappa shape index (κ3) is 5.40. The van der Waals surface area contributed by atoms with Crippen molar-refractivity contribution in [2.75, 3.05) is 11.9 Å². The van der Waals surface area contributed by atoms with E-state index in [1.807, 2.05) is 12.3 Å². The molecular formula is C29H33N3O2S2. The maximum absolute atomic E-state index is 12.9. The van der Waals surface area contributed by atoms with E-state index >= 15 is 0 Å². The molecule has 0 amide bonds. The second-order valence-corrected chi connectivity index (χ2v) is 12.4. The number of benzene rings is 1.